The molecule has 1 aromatic heterocycles. The number of aromatic nitrogens is 1. The molecule has 0 aliphatic heterocycles. The standard InChI is InChI=1S/C13H10BNO3/c16-13-11-4-2-1-3-9(11)10-6-5-8(14(17)18)7-12(10)15-13/h1-7,17-18H,(H,15,16). The molecular formula is C13H10BNO3. The zero-order chi connectivity index (χ0) is 12.7. The number of pyridine rings is 1. The van der Waals surface area contributed by atoms with Crippen LogP contribution in [0.2, 0.25) is 0 Å². The predicted octanol–water partition coefficient (Wildman–Crippen LogP) is 0.361. The molecule has 0 aliphatic rings. The fourth-order valence-corrected chi connectivity index (χ4v) is 2.17. The van der Waals surface area contributed by atoms with E-state index in [-0.39, 0.29) is 5.56 Å². The average molecular weight is 239 g/mol. The van der Waals surface area contributed by atoms with Crippen LogP contribution in [0.1, 0.15) is 0 Å². The van der Waals surface area contributed by atoms with E-state index in [9.17, 15) is 4.79 Å². The van der Waals surface area contributed by atoms with Gasteiger partial charge in [-0.1, -0.05) is 30.3 Å². The van der Waals surface area contributed by atoms with Crippen molar-refractivity contribution in [3.05, 3.63) is 52.8 Å². The molecule has 88 valence electrons. The number of H-pyrrole nitrogens is 1. The second-order valence-corrected chi connectivity index (χ2v) is 4.18. The molecule has 0 aliphatic carbocycles. The molecule has 0 saturated heterocycles. The Bertz CT molecular complexity index is 795. The highest BCUT2D eigenvalue weighted by Gasteiger charge is 2.12. The maximum Gasteiger partial charge on any atom is 0.488 e. The number of rotatable bonds is 1. The zero-order valence-electron chi connectivity index (χ0n) is 9.42. The van der Waals surface area contributed by atoms with Crippen molar-refractivity contribution in [3.8, 4) is 0 Å². The minimum Gasteiger partial charge on any atom is -0.423 e. The van der Waals surface area contributed by atoms with Crippen LogP contribution in [0.5, 0.6) is 0 Å². The fourth-order valence-electron chi connectivity index (χ4n) is 2.17. The van der Waals surface area contributed by atoms with Gasteiger partial charge in [-0.2, -0.15) is 0 Å². The van der Waals surface area contributed by atoms with Gasteiger partial charge in [0.2, 0.25) is 0 Å². The molecule has 3 N–H and O–H groups in total. The lowest BCUT2D eigenvalue weighted by Gasteiger charge is -2.05. The second kappa shape index (κ2) is 3.98. The van der Waals surface area contributed by atoms with Crippen LogP contribution < -0.4 is 11.0 Å². The summed E-state index contributed by atoms with van der Waals surface area (Å²) in [5.74, 6) is 0. The van der Waals surface area contributed by atoms with Gasteiger partial charge in [0.15, 0.2) is 0 Å². The largest absolute Gasteiger partial charge is 0.488 e. The van der Waals surface area contributed by atoms with Crippen LogP contribution in [0.15, 0.2) is 47.3 Å². The van der Waals surface area contributed by atoms with Crippen LogP contribution in [0.4, 0.5) is 0 Å². The summed E-state index contributed by atoms with van der Waals surface area (Å²) >= 11 is 0. The van der Waals surface area contributed by atoms with Gasteiger partial charge in [-0.15, -0.1) is 0 Å². The van der Waals surface area contributed by atoms with Crippen molar-refractivity contribution in [1.29, 1.82) is 0 Å². The molecule has 3 rings (SSSR count). The minimum atomic E-state index is -1.54. The third kappa shape index (κ3) is 1.61. The van der Waals surface area contributed by atoms with Crippen molar-refractivity contribution >= 4 is 34.3 Å². The Morgan fingerprint density at radius 3 is 2.39 bits per heavy atom. The van der Waals surface area contributed by atoms with E-state index in [0.717, 1.165) is 10.8 Å². The molecular weight excluding hydrogens is 229 g/mol. The van der Waals surface area contributed by atoms with Crippen molar-refractivity contribution in [3.63, 3.8) is 0 Å². The second-order valence-electron chi connectivity index (χ2n) is 4.18. The normalized spacial score (nSPS) is 11.0. The summed E-state index contributed by atoms with van der Waals surface area (Å²) in [6, 6.07) is 12.3. The number of nitrogens with one attached hydrogen (secondary N) is 1. The van der Waals surface area contributed by atoms with E-state index in [1.807, 2.05) is 18.2 Å². The monoisotopic (exact) mass is 239 g/mol. The number of benzene rings is 2. The number of fused-ring (bicyclic) bond motifs is 3. The lowest BCUT2D eigenvalue weighted by Crippen LogP contribution is -2.29. The van der Waals surface area contributed by atoms with Gasteiger partial charge in [0, 0.05) is 16.3 Å². The van der Waals surface area contributed by atoms with E-state index in [1.54, 1.807) is 24.3 Å². The Hall–Kier alpha value is -2.11. The van der Waals surface area contributed by atoms with Crippen LogP contribution in [0.3, 0.4) is 0 Å². The molecule has 1 heterocycles. The topological polar surface area (TPSA) is 73.3 Å². The predicted molar refractivity (Wildman–Crippen MR) is 71.9 cm³/mol. The first-order chi connectivity index (χ1) is 8.66. The van der Waals surface area contributed by atoms with Gasteiger partial charge >= 0.3 is 7.12 Å². The van der Waals surface area contributed by atoms with E-state index < -0.39 is 7.12 Å². The smallest absolute Gasteiger partial charge is 0.423 e. The van der Waals surface area contributed by atoms with Gasteiger partial charge in [-0.05, 0) is 23.0 Å². The van der Waals surface area contributed by atoms with Crippen LogP contribution in [0, 0.1) is 0 Å². The van der Waals surface area contributed by atoms with Gasteiger partial charge < -0.3 is 15.0 Å². The van der Waals surface area contributed by atoms with Gasteiger partial charge in [0.05, 0.1) is 0 Å². The summed E-state index contributed by atoms with van der Waals surface area (Å²) in [5, 5.41) is 20.6. The Labute approximate surface area is 103 Å². The van der Waals surface area contributed by atoms with Crippen molar-refractivity contribution in [1.82, 2.24) is 4.98 Å². The Balaban J connectivity index is 2.46. The Kier molecular flexibility index (Phi) is 2.43. The molecule has 0 amide bonds. The van der Waals surface area contributed by atoms with Crippen molar-refractivity contribution in [2.45, 2.75) is 0 Å². The van der Waals surface area contributed by atoms with E-state index in [0.29, 0.717) is 16.4 Å². The number of hydrogen-bond acceptors (Lipinski definition) is 3. The summed E-state index contributed by atoms with van der Waals surface area (Å²) in [6.07, 6.45) is 0. The third-order valence-corrected chi connectivity index (χ3v) is 3.05. The molecule has 18 heavy (non-hydrogen) atoms. The molecule has 2 aromatic carbocycles. The molecule has 0 saturated carbocycles. The van der Waals surface area contributed by atoms with Crippen LogP contribution in [-0.2, 0) is 0 Å². The van der Waals surface area contributed by atoms with Gasteiger partial charge in [0.1, 0.15) is 0 Å². The zero-order valence-corrected chi connectivity index (χ0v) is 9.42. The summed E-state index contributed by atoms with van der Waals surface area (Å²) in [7, 11) is -1.54. The lowest BCUT2D eigenvalue weighted by molar-refractivity contribution is 0.426. The molecule has 0 unspecified atom stereocenters. The first-order valence-corrected chi connectivity index (χ1v) is 5.57. The Morgan fingerprint density at radius 2 is 1.67 bits per heavy atom. The molecule has 0 radical (unpaired) electrons. The van der Waals surface area contributed by atoms with Crippen molar-refractivity contribution in [2.75, 3.05) is 0 Å². The lowest BCUT2D eigenvalue weighted by atomic mass is 9.80. The summed E-state index contributed by atoms with van der Waals surface area (Å²) in [5.41, 5.74) is 0.778. The highest BCUT2D eigenvalue weighted by atomic mass is 16.4. The third-order valence-electron chi connectivity index (χ3n) is 3.05. The molecule has 0 atom stereocenters. The molecule has 4 nitrogen and oxygen atoms in total. The molecule has 0 spiro atoms. The number of hydrogen-bond donors (Lipinski definition) is 3. The number of aromatic amines is 1. The molecule has 0 fully saturated rings. The summed E-state index contributed by atoms with van der Waals surface area (Å²) < 4.78 is 0. The highest BCUT2D eigenvalue weighted by Crippen LogP contribution is 2.19. The average Bonchev–Trinajstić information content (AvgIpc) is 2.38. The summed E-state index contributed by atoms with van der Waals surface area (Å²) in [4.78, 5) is 14.6. The van der Waals surface area contributed by atoms with Crippen LogP contribution >= 0.6 is 0 Å². The first kappa shape index (κ1) is 11.0. The first-order valence-electron chi connectivity index (χ1n) is 5.57. The van der Waals surface area contributed by atoms with Crippen molar-refractivity contribution in [2.24, 2.45) is 0 Å². The van der Waals surface area contributed by atoms with E-state index in [2.05, 4.69) is 4.98 Å². The molecule has 3 aromatic rings. The quantitative estimate of drug-likeness (QED) is 0.424. The van der Waals surface area contributed by atoms with Gasteiger partial charge in [0.25, 0.3) is 5.56 Å². The molecule has 0 bridgehead atoms. The SMILES string of the molecule is O=c1[nH]c2cc(B(O)O)ccc2c2ccccc12. The minimum absolute atomic E-state index is 0.178. The molecule has 5 heteroatoms. The highest BCUT2D eigenvalue weighted by molar-refractivity contribution is 6.58. The van der Waals surface area contributed by atoms with E-state index in [4.69, 9.17) is 10.0 Å². The maximum atomic E-state index is 11.9. The van der Waals surface area contributed by atoms with Gasteiger partial charge in [-0.3, -0.25) is 4.79 Å². The van der Waals surface area contributed by atoms with Gasteiger partial charge in [-0.25, -0.2) is 0 Å². The van der Waals surface area contributed by atoms with E-state index in [1.165, 1.54) is 0 Å². The Morgan fingerprint density at radius 1 is 0.944 bits per heavy atom. The summed E-state index contributed by atoms with van der Waals surface area (Å²) in [6.45, 7) is 0. The van der Waals surface area contributed by atoms with Crippen LogP contribution in [-0.4, -0.2) is 22.2 Å². The maximum absolute atomic E-state index is 11.9. The van der Waals surface area contributed by atoms with E-state index >= 15 is 0 Å². The fraction of sp³-hybridized carbons (Fsp3) is 0. The van der Waals surface area contributed by atoms with Crippen LogP contribution in [0.25, 0.3) is 21.7 Å². The van der Waals surface area contributed by atoms with Crippen molar-refractivity contribution < 1.29 is 10.0 Å².